The zero-order valence-corrected chi connectivity index (χ0v) is 22.2. The molecule has 2 aliphatic heterocycles. The number of hydrogen-bond donors (Lipinski definition) is 0. The molecule has 0 spiro atoms. The summed E-state index contributed by atoms with van der Waals surface area (Å²) >= 11 is 5.68. The summed E-state index contributed by atoms with van der Waals surface area (Å²) in [6, 6.07) is 0. The average Bonchev–Trinajstić information content (AvgIpc) is 3.35. The zero-order valence-electron chi connectivity index (χ0n) is 19.0. The summed E-state index contributed by atoms with van der Waals surface area (Å²) in [7, 11) is 0. The Hall–Kier alpha value is -1.49. The fraction of sp³-hybridized carbons (Fsp3) is 0.435. The van der Waals surface area contributed by atoms with E-state index in [0.717, 1.165) is 20.4 Å². The molecule has 0 amide bonds. The zero-order chi connectivity index (χ0) is 24.0. The lowest BCUT2D eigenvalue weighted by Crippen LogP contribution is -2.11. The van der Waals surface area contributed by atoms with Gasteiger partial charge in [0, 0.05) is 23.2 Å². The van der Waals surface area contributed by atoms with Crippen LogP contribution in [0.25, 0.3) is 0 Å². The lowest BCUT2D eigenvalue weighted by atomic mass is 10.3. The van der Waals surface area contributed by atoms with Gasteiger partial charge in [-0.2, -0.15) is 0 Å². The summed E-state index contributed by atoms with van der Waals surface area (Å²) < 4.78 is 18.5. The molecule has 0 aromatic heterocycles. The van der Waals surface area contributed by atoms with Gasteiger partial charge in [-0.1, -0.05) is 73.9 Å². The van der Waals surface area contributed by atoms with Crippen LogP contribution in [0.4, 0.5) is 0 Å². The summed E-state index contributed by atoms with van der Waals surface area (Å²) in [6.45, 7) is 7.92. The normalized spacial score (nSPS) is 13.9. The second-order valence-corrected chi connectivity index (χ2v) is 11.7. The Balaban J connectivity index is 2.13. The number of rotatable bonds is 9. The van der Waals surface area contributed by atoms with Gasteiger partial charge in [-0.25, -0.2) is 4.79 Å². The van der Waals surface area contributed by atoms with E-state index in [4.69, 9.17) is 14.2 Å². The Morgan fingerprint density at radius 3 is 1.58 bits per heavy atom. The van der Waals surface area contributed by atoms with E-state index in [2.05, 4.69) is 13.0 Å². The highest BCUT2D eigenvalue weighted by molar-refractivity contribution is 8.25. The smallest absolute Gasteiger partial charge is 0.332 e. The lowest BCUT2D eigenvalue weighted by Gasteiger charge is -2.16. The van der Waals surface area contributed by atoms with Crippen molar-refractivity contribution in [3.63, 3.8) is 0 Å². The molecular formula is C23H26O6S4. The molecule has 0 unspecified atom stereocenters. The third kappa shape index (κ3) is 6.35. The largest absolute Gasteiger partial charge is 0.463 e. The van der Waals surface area contributed by atoms with E-state index in [1.807, 2.05) is 13.8 Å². The van der Waals surface area contributed by atoms with Gasteiger partial charge in [0.1, 0.15) is 0 Å². The van der Waals surface area contributed by atoms with Gasteiger partial charge in [0.2, 0.25) is 0 Å². The summed E-state index contributed by atoms with van der Waals surface area (Å²) in [5, 5.41) is 0. The molecule has 0 N–H and O–H groups in total. The van der Waals surface area contributed by atoms with Gasteiger partial charge < -0.3 is 14.2 Å². The van der Waals surface area contributed by atoms with Crippen molar-refractivity contribution in [2.45, 2.75) is 79.4 Å². The molecule has 0 saturated carbocycles. The van der Waals surface area contributed by atoms with Crippen LogP contribution in [0.2, 0.25) is 0 Å². The van der Waals surface area contributed by atoms with Crippen LogP contribution in [0.5, 0.6) is 11.5 Å². The Labute approximate surface area is 211 Å². The summed E-state index contributed by atoms with van der Waals surface area (Å²) in [6.07, 6.45) is 6.33. The molecule has 0 saturated heterocycles. The maximum absolute atomic E-state index is 12.5. The van der Waals surface area contributed by atoms with Gasteiger partial charge in [0.15, 0.2) is 11.5 Å². The van der Waals surface area contributed by atoms with Crippen molar-refractivity contribution in [3.8, 4) is 11.5 Å². The second kappa shape index (κ2) is 12.3. The molecule has 1 aromatic rings. The number of hydrogen-bond acceptors (Lipinski definition) is 10. The standard InChI is InChI=1S/C23H26O6S4/c1-5-9-13(24)28-18-20-21(31-16(30-20)11-7-3)19(29-14(25)10-6-2)23-22(18)32-17(33-23)12-15(26)27-8-4/h11-12H,5-10H2,1-4H3. The summed E-state index contributed by atoms with van der Waals surface area (Å²) in [5.41, 5.74) is 0. The SMILES string of the molecule is CCC=C1Sc2c(OC(=O)CCC)c3c(c(OC(=O)CCC)c2S1)SC(=CC(=O)OCC)S3. The van der Waals surface area contributed by atoms with Crippen LogP contribution in [-0.4, -0.2) is 24.5 Å². The number of allylic oxidation sites excluding steroid dienone is 1. The maximum Gasteiger partial charge on any atom is 0.332 e. The first-order chi connectivity index (χ1) is 15.9. The highest BCUT2D eigenvalue weighted by atomic mass is 32.2. The molecule has 1 aromatic carbocycles. The van der Waals surface area contributed by atoms with Crippen LogP contribution >= 0.6 is 47.0 Å². The van der Waals surface area contributed by atoms with Crippen molar-refractivity contribution in [2.24, 2.45) is 0 Å². The van der Waals surface area contributed by atoms with Crippen LogP contribution in [0.15, 0.2) is 40.2 Å². The van der Waals surface area contributed by atoms with E-state index in [1.165, 1.54) is 53.1 Å². The van der Waals surface area contributed by atoms with Crippen molar-refractivity contribution in [1.82, 2.24) is 0 Å². The molecule has 6 nitrogen and oxygen atoms in total. The Morgan fingerprint density at radius 1 is 0.727 bits per heavy atom. The first-order valence-corrected chi connectivity index (χ1v) is 14.1. The van der Waals surface area contributed by atoms with Crippen molar-refractivity contribution in [2.75, 3.05) is 6.61 Å². The molecule has 2 heterocycles. The van der Waals surface area contributed by atoms with E-state index in [0.29, 0.717) is 51.2 Å². The van der Waals surface area contributed by atoms with Gasteiger partial charge in [0.25, 0.3) is 0 Å². The van der Waals surface area contributed by atoms with E-state index in [9.17, 15) is 14.4 Å². The quantitative estimate of drug-likeness (QED) is 0.188. The van der Waals surface area contributed by atoms with Crippen molar-refractivity contribution in [1.29, 1.82) is 0 Å². The third-order valence-electron chi connectivity index (χ3n) is 4.28. The maximum atomic E-state index is 12.5. The van der Waals surface area contributed by atoms with Crippen molar-refractivity contribution < 1.29 is 28.6 Å². The molecule has 178 valence electrons. The number of carbonyl (C=O) groups excluding carboxylic acids is 3. The van der Waals surface area contributed by atoms with Gasteiger partial charge in [-0.3, -0.25) is 9.59 Å². The van der Waals surface area contributed by atoms with Gasteiger partial charge in [0.05, 0.1) is 30.4 Å². The first kappa shape index (κ1) is 26.1. The average molecular weight is 527 g/mol. The number of thioether (sulfide) groups is 4. The highest BCUT2D eigenvalue weighted by Gasteiger charge is 2.38. The van der Waals surface area contributed by atoms with Gasteiger partial charge in [-0.15, -0.1) is 0 Å². The number of carbonyl (C=O) groups is 3. The van der Waals surface area contributed by atoms with E-state index < -0.39 is 5.97 Å². The number of ether oxygens (including phenoxy) is 3. The second-order valence-electron chi connectivity index (χ2n) is 6.98. The third-order valence-corrected chi connectivity index (χ3v) is 9.29. The topological polar surface area (TPSA) is 78.9 Å². The molecule has 10 heteroatoms. The lowest BCUT2D eigenvalue weighted by molar-refractivity contribution is -0.137. The first-order valence-electron chi connectivity index (χ1n) is 10.9. The predicted molar refractivity (Wildman–Crippen MR) is 134 cm³/mol. The van der Waals surface area contributed by atoms with Gasteiger partial charge in [-0.05, 0) is 26.2 Å². The Kier molecular flexibility index (Phi) is 9.72. The molecule has 3 rings (SSSR count). The van der Waals surface area contributed by atoms with E-state index in [-0.39, 0.29) is 18.5 Å². The minimum Gasteiger partial charge on any atom is -0.463 e. The van der Waals surface area contributed by atoms with E-state index >= 15 is 0 Å². The molecular weight excluding hydrogens is 501 g/mol. The van der Waals surface area contributed by atoms with E-state index in [1.54, 1.807) is 6.92 Å². The summed E-state index contributed by atoms with van der Waals surface area (Å²) in [4.78, 5) is 39.9. The molecule has 33 heavy (non-hydrogen) atoms. The fourth-order valence-corrected chi connectivity index (χ4v) is 8.21. The fourth-order valence-electron chi connectivity index (χ4n) is 2.95. The Bertz CT molecular complexity index is 952. The highest BCUT2D eigenvalue weighted by Crippen LogP contribution is 2.67. The summed E-state index contributed by atoms with van der Waals surface area (Å²) in [5.74, 6) is -0.140. The predicted octanol–water partition coefficient (Wildman–Crippen LogP) is 7.15. The minimum absolute atomic E-state index is 0.277. The molecule has 2 aliphatic rings. The molecule has 0 atom stereocenters. The van der Waals surface area contributed by atoms with Crippen LogP contribution < -0.4 is 9.47 Å². The molecule has 0 fully saturated rings. The van der Waals surface area contributed by atoms with Gasteiger partial charge >= 0.3 is 17.9 Å². The van der Waals surface area contributed by atoms with Crippen molar-refractivity contribution in [3.05, 3.63) is 20.6 Å². The molecule has 0 bridgehead atoms. The molecule has 0 aliphatic carbocycles. The Morgan fingerprint density at radius 2 is 1.18 bits per heavy atom. The molecule has 0 radical (unpaired) electrons. The monoisotopic (exact) mass is 526 g/mol. The van der Waals surface area contributed by atoms with Crippen molar-refractivity contribution >= 4 is 65.0 Å². The minimum atomic E-state index is -0.446. The van der Waals surface area contributed by atoms with Crippen LogP contribution in [0.1, 0.15) is 59.8 Å². The number of fused-ring (bicyclic) bond motifs is 2. The number of benzene rings is 1. The van der Waals surface area contributed by atoms with Crippen LogP contribution in [0, 0.1) is 0 Å². The van der Waals surface area contributed by atoms with Crippen LogP contribution in [-0.2, 0) is 19.1 Å². The number of esters is 3. The van der Waals surface area contributed by atoms with Crippen LogP contribution in [0.3, 0.4) is 0 Å².